The molecule has 1 aromatic carbocycles. The van der Waals surface area contributed by atoms with Gasteiger partial charge in [-0.15, -0.1) is 0 Å². The molecule has 2 aliphatic heterocycles. The third-order valence-electron chi connectivity index (χ3n) is 7.14. The number of hydrogen-bond acceptors (Lipinski definition) is 4. The van der Waals surface area contributed by atoms with Crippen LogP contribution in [-0.4, -0.2) is 53.2 Å². The summed E-state index contributed by atoms with van der Waals surface area (Å²) in [7, 11) is -0.405. The Bertz CT molecular complexity index is 877. The molecule has 3 bridgehead atoms. The van der Waals surface area contributed by atoms with Gasteiger partial charge in [0.15, 0.2) is 11.5 Å². The van der Waals surface area contributed by atoms with E-state index in [9.17, 15) is 14.4 Å². The molecule has 0 aromatic heterocycles. The number of fused-ring (bicyclic) bond motifs is 2. The van der Waals surface area contributed by atoms with Crippen molar-refractivity contribution in [3.8, 4) is 11.5 Å². The Kier molecular flexibility index (Phi) is 3.32. The lowest BCUT2D eigenvalue weighted by atomic mass is 9.52. The van der Waals surface area contributed by atoms with Crippen LogP contribution < -0.4 is 9.47 Å². The smallest absolute Gasteiger partial charge is 0.329 e. The van der Waals surface area contributed by atoms with Crippen LogP contribution in [0.1, 0.15) is 24.5 Å². The van der Waals surface area contributed by atoms with Crippen LogP contribution in [0.15, 0.2) is 23.8 Å². The minimum atomic E-state index is -4.18. The number of hydrogen-bond donors (Lipinski definition) is 2. The Morgan fingerprint density at radius 1 is 1.42 bits per heavy atom. The number of methoxy groups -OCH3 is 1. The van der Waals surface area contributed by atoms with Crippen molar-refractivity contribution in [2.45, 2.75) is 43.4 Å². The van der Waals surface area contributed by atoms with Crippen molar-refractivity contribution in [2.75, 3.05) is 20.3 Å². The van der Waals surface area contributed by atoms with Crippen LogP contribution >= 0.6 is 7.60 Å². The molecular formula is C19H24NO5P. The molecule has 1 aromatic rings. The van der Waals surface area contributed by atoms with E-state index in [1.54, 1.807) is 7.11 Å². The number of benzene rings is 1. The minimum absolute atomic E-state index is 0.183. The van der Waals surface area contributed by atoms with Gasteiger partial charge in [-0.1, -0.05) is 19.1 Å². The summed E-state index contributed by atoms with van der Waals surface area (Å²) in [5.74, 6) is 1.83. The highest BCUT2D eigenvalue weighted by Crippen LogP contribution is 2.64. The van der Waals surface area contributed by atoms with Gasteiger partial charge in [0.25, 0.3) is 0 Å². The summed E-state index contributed by atoms with van der Waals surface area (Å²) in [5, 5.41) is 0. The van der Waals surface area contributed by atoms with Crippen LogP contribution in [0, 0.1) is 5.92 Å². The highest BCUT2D eigenvalue weighted by Gasteiger charge is 2.65. The molecule has 1 saturated heterocycles. The van der Waals surface area contributed by atoms with Crippen LogP contribution in [0.3, 0.4) is 0 Å². The number of likely N-dealkylation sites (N-methyl/N-ethyl adjacent to an activating group) is 1. The molecule has 2 N–H and O–H groups in total. The topological polar surface area (TPSA) is 79.2 Å². The van der Waals surface area contributed by atoms with Crippen molar-refractivity contribution in [3.05, 3.63) is 34.9 Å². The zero-order valence-electron chi connectivity index (χ0n) is 15.2. The average molecular weight is 377 g/mol. The molecule has 2 aliphatic carbocycles. The van der Waals surface area contributed by atoms with Gasteiger partial charge in [0.1, 0.15) is 6.10 Å². The fraction of sp³-hybridized carbons (Fsp3) is 0.579. The lowest BCUT2D eigenvalue weighted by Gasteiger charge is -2.59. The quantitative estimate of drug-likeness (QED) is 0.620. The third-order valence-corrected chi connectivity index (χ3v) is 7.92. The molecule has 0 radical (unpaired) electrons. The highest BCUT2D eigenvalue weighted by molar-refractivity contribution is 7.52. The van der Waals surface area contributed by atoms with Gasteiger partial charge >= 0.3 is 7.60 Å². The Balaban J connectivity index is 1.77. The molecule has 140 valence electrons. The van der Waals surface area contributed by atoms with Crippen LogP contribution in [-0.2, 0) is 16.4 Å². The molecular weight excluding hydrogens is 353 g/mol. The first kappa shape index (κ1) is 16.8. The van der Waals surface area contributed by atoms with Gasteiger partial charge in [-0.05, 0) is 43.0 Å². The normalized spacial score (nSPS) is 37.2. The predicted molar refractivity (Wildman–Crippen MR) is 96.9 cm³/mol. The van der Waals surface area contributed by atoms with E-state index in [-0.39, 0.29) is 23.7 Å². The van der Waals surface area contributed by atoms with Crippen LogP contribution in [0.5, 0.6) is 11.5 Å². The highest BCUT2D eigenvalue weighted by atomic mass is 31.2. The Labute approximate surface area is 153 Å². The number of likely N-dealkylation sites (tertiary alicyclic amines) is 1. The van der Waals surface area contributed by atoms with E-state index in [0.29, 0.717) is 17.7 Å². The molecule has 1 spiro atoms. The predicted octanol–water partition coefficient (Wildman–Crippen LogP) is 2.08. The second kappa shape index (κ2) is 5.14. The molecule has 0 amide bonds. The lowest BCUT2D eigenvalue weighted by molar-refractivity contribution is -0.0256. The third kappa shape index (κ3) is 1.96. The first-order valence-corrected chi connectivity index (χ1v) is 10.9. The summed E-state index contributed by atoms with van der Waals surface area (Å²) in [4.78, 5) is 21.7. The van der Waals surface area contributed by atoms with Crippen molar-refractivity contribution < 1.29 is 23.8 Å². The fourth-order valence-electron chi connectivity index (χ4n) is 6.05. The maximum Gasteiger partial charge on any atom is 0.329 e. The molecule has 5 unspecified atom stereocenters. The molecule has 5 rings (SSSR count). The summed E-state index contributed by atoms with van der Waals surface area (Å²) in [6.45, 7) is 2.27. The molecule has 5 atom stereocenters. The summed E-state index contributed by atoms with van der Waals surface area (Å²) < 4.78 is 23.8. The maximum atomic E-state index is 11.8. The van der Waals surface area contributed by atoms with Crippen molar-refractivity contribution in [1.29, 1.82) is 0 Å². The summed E-state index contributed by atoms with van der Waals surface area (Å²) in [6.07, 6.45) is 3.38. The van der Waals surface area contributed by atoms with E-state index < -0.39 is 7.60 Å². The average Bonchev–Trinajstić information content (AvgIpc) is 2.92. The van der Waals surface area contributed by atoms with Gasteiger partial charge in [0, 0.05) is 23.1 Å². The lowest BCUT2D eigenvalue weighted by Crippen LogP contribution is -2.66. The number of nitrogens with zero attached hydrogens (tertiary/aromatic N) is 1. The van der Waals surface area contributed by atoms with E-state index in [1.807, 2.05) is 12.1 Å². The van der Waals surface area contributed by atoms with Crippen molar-refractivity contribution in [3.63, 3.8) is 0 Å². The number of ether oxygens (including phenoxy) is 2. The van der Waals surface area contributed by atoms with Crippen molar-refractivity contribution in [2.24, 2.45) is 5.92 Å². The Morgan fingerprint density at radius 2 is 2.19 bits per heavy atom. The van der Waals surface area contributed by atoms with E-state index in [1.165, 1.54) is 11.1 Å². The number of rotatable bonds is 3. The molecule has 26 heavy (non-hydrogen) atoms. The minimum Gasteiger partial charge on any atom is -0.493 e. The SMILES string of the molecule is COc1ccc2c3c1OC1C(CP(=O)(O)O)=CC4CC31C(C)C(C2)N4C. The van der Waals surface area contributed by atoms with Gasteiger partial charge in [-0.3, -0.25) is 9.46 Å². The fourth-order valence-corrected chi connectivity index (χ4v) is 6.79. The first-order valence-electron chi connectivity index (χ1n) is 9.10. The van der Waals surface area contributed by atoms with E-state index in [0.717, 1.165) is 24.2 Å². The van der Waals surface area contributed by atoms with Crippen LogP contribution in [0.2, 0.25) is 0 Å². The van der Waals surface area contributed by atoms with Crippen molar-refractivity contribution in [1.82, 2.24) is 4.90 Å². The van der Waals surface area contributed by atoms with Gasteiger partial charge in [-0.2, -0.15) is 0 Å². The first-order chi connectivity index (χ1) is 12.3. The van der Waals surface area contributed by atoms with Gasteiger partial charge in [0.2, 0.25) is 0 Å². The van der Waals surface area contributed by atoms with Crippen molar-refractivity contribution >= 4 is 7.60 Å². The second-order valence-corrected chi connectivity index (χ2v) is 9.88. The zero-order valence-corrected chi connectivity index (χ0v) is 16.1. The van der Waals surface area contributed by atoms with Gasteiger partial charge < -0.3 is 19.3 Å². The Morgan fingerprint density at radius 3 is 2.88 bits per heavy atom. The summed E-state index contributed by atoms with van der Waals surface area (Å²) in [5.41, 5.74) is 3.02. The van der Waals surface area contributed by atoms with Crippen LogP contribution in [0.4, 0.5) is 0 Å². The van der Waals surface area contributed by atoms with E-state index >= 15 is 0 Å². The maximum absolute atomic E-state index is 11.8. The number of piperidine rings is 1. The summed E-state index contributed by atoms with van der Waals surface area (Å²) >= 11 is 0. The van der Waals surface area contributed by atoms with E-state index in [2.05, 4.69) is 24.9 Å². The molecule has 2 heterocycles. The zero-order chi connectivity index (χ0) is 18.4. The standard InChI is InChI=1S/C19H24NO5P/c1-10-14-7-11-4-5-15(24-3)17-16(11)19(10)8-13(20(14)2)6-12(18(19)25-17)9-26(21,22)23/h4-6,10,13-14,18H,7-9H2,1-3H3,(H2,21,22,23). The summed E-state index contributed by atoms with van der Waals surface area (Å²) in [6, 6.07) is 4.68. The molecule has 7 heteroatoms. The molecule has 4 aliphatic rings. The second-order valence-electron chi connectivity index (χ2n) is 8.23. The molecule has 1 fully saturated rings. The monoisotopic (exact) mass is 377 g/mol. The van der Waals surface area contributed by atoms with Gasteiger partial charge in [0.05, 0.1) is 13.3 Å². The van der Waals surface area contributed by atoms with Crippen LogP contribution in [0.25, 0.3) is 0 Å². The van der Waals surface area contributed by atoms with Gasteiger partial charge in [-0.25, -0.2) is 0 Å². The molecule has 6 nitrogen and oxygen atoms in total. The molecule has 0 saturated carbocycles. The Hall–Kier alpha value is -1.33. The van der Waals surface area contributed by atoms with E-state index in [4.69, 9.17) is 9.47 Å². The largest absolute Gasteiger partial charge is 0.493 e.